The van der Waals surface area contributed by atoms with E-state index in [1.165, 1.54) is 19.1 Å². The van der Waals surface area contributed by atoms with Gasteiger partial charge >= 0.3 is 11.5 Å². The molecule has 0 bridgehead atoms. The van der Waals surface area contributed by atoms with Crippen molar-refractivity contribution in [2.75, 3.05) is 0 Å². The average molecular weight is 321 g/mol. The summed E-state index contributed by atoms with van der Waals surface area (Å²) in [5.74, 6) is -1.83. The van der Waals surface area contributed by atoms with Crippen molar-refractivity contribution >= 4 is 23.6 Å². The maximum atomic E-state index is 12.2. The molecule has 0 spiro atoms. The number of benzene rings is 1. The molecule has 0 aliphatic carbocycles. The van der Waals surface area contributed by atoms with E-state index in [1.807, 2.05) is 0 Å². The second-order valence-electron chi connectivity index (χ2n) is 4.52. The first kappa shape index (κ1) is 17.4. The van der Waals surface area contributed by atoms with Crippen molar-refractivity contribution in [2.45, 2.75) is 36.2 Å². The zero-order chi connectivity index (χ0) is 16.3. The van der Waals surface area contributed by atoms with Crippen molar-refractivity contribution in [1.82, 2.24) is 5.32 Å². The molecule has 8 heteroatoms. The number of carboxylic acids is 1. The van der Waals surface area contributed by atoms with Crippen LogP contribution in [0.25, 0.3) is 0 Å². The fourth-order valence-corrected chi connectivity index (χ4v) is 1.96. The van der Waals surface area contributed by atoms with Crippen LogP contribution in [0.5, 0.6) is 0 Å². The summed E-state index contributed by atoms with van der Waals surface area (Å²) in [6.07, 6.45) is 0.177. The number of thioether (sulfide) groups is 1. The maximum Gasteiger partial charge on any atom is 0.446 e. The predicted molar refractivity (Wildman–Crippen MR) is 72.2 cm³/mol. The van der Waals surface area contributed by atoms with Gasteiger partial charge < -0.3 is 10.4 Å². The van der Waals surface area contributed by atoms with Crippen LogP contribution in [0, 0.1) is 0 Å². The second kappa shape index (κ2) is 6.38. The van der Waals surface area contributed by atoms with E-state index in [-0.39, 0.29) is 28.6 Å². The van der Waals surface area contributed by atoms with Gasteiger partial charge in [0.2, 0.25) is 0 Å². The summed E-state index contributed by atoms with van der Waals surface area (Å²) in [6, 6.07) is 4.77. The second-order valence-corrected chi connectivity index (χ2v) is 5.66. The number of carbonyl (C=O) groups excluding carboxylic acids is 1. The van der Waals surface area contributed by atoms with Crippen LogP contribution in [0.3, 0.4) is 0 Å². The Morgan fingerprint density at radius 1 is 1.24 bits per heavy atom. The average Bonchev–Trinajstić information content (AvgIpc) is 2.37. The Labute approximate surface area is 123 Å². The molecule has 0 aliphatic heterocycles. The van der Waals surface area contributed by atoms with Crippen molar-refractivity contribution in [2.24, 2.45) is 0 Å². The minimum absolute atomic E-state index is 0.0458. The maximum absolute atomic E-state index is 12.2. The molecule has 1 rings (SSSR count). The Morgan fingerprint density at radius 3 is 2.14 bits per heavy atom. The third kappa shape index (κ3) is 4.96. The lowest BCUT2D eigenvalue weighted by Crippen LogP contribution is -2.51. The van der Waals surface area contributed by atoms with Gasteiger partial charge in [-0.2, -0.15) is 13.2 Å². The van der Waals surface area contributed by atoms with E-state index in [0.29, 0.717) is 0 Å². The van der Waals surface area contributed by atoms with Gasteiger partial charge in [-0.25, -0.2) is 4.79 Å². The van der Waals surface area contributed by atoms with Crippen molar-refractivity contribution in [3.8, 4) is 0 Å². The van der Waals surface area contributed by atoms with Gasteiger partial charge in [0.1, 0.15) is 5.54 Å². The number of hydrogen-bond acceptors (Lipinski definition) is 3. The summed E-state index contributed by atoms with van der Waals surface area (Å²) < 4.78 is 36.5. The molecule has 1 atom stereocenters. The smallest absolute Gasteiger partial charge is 0.446 e. The molecular formula is C13H14F3NO3S. The Kier molecular flexibility index (Phi) is 5.27. The first-order valence-corrected chi connectivity index (χ1v) is 6.81. The van der Waals surface area contributed by atoms with E-state index in [9.17, 15) is 22.8 Å². The lowest BCUT2D eigenvalue weighted by atomic mass is 9.98. The number of amides is 1. The van der Waals surface area contributed by atoms with Gasteiger partial charge in [-0.15, -0.1) is 0 Å². The Hall–Kier alpha value is -1.70. The molecule has 0 saturated heterocycles. The molecule has 0 saturated carbocycles. The van der Waals surface area contributed by atoms with Gasteiger partial charge in [0.25, 0.3) is 5.91 Å². The third-order valence-electron chi connectivity index (χ3n) is 2.92. The Bertz CT molecular complexity index is 530. The molecule has 2 N–H and O–H groups in total. The van der Waals surface area contributed by atoms with Crippen LogP contribution in [-0.4, -0.2) is 28.0 Å². The topological polar surface area (TPSA) is 66.4 Å². The zero-order valence-corrected chi connectivity index (χ0v) is 12.1. The number of halogens is 3. The molecule has 1 unspecified atom stereocenters. The molecule has 0 heterocycles. The molecule has 21 heavy (non-hydrogen) atoms. The van der Waals surface area contributed by atoms with Crippen LogP contribution in [0.15, 0.2) is 29.2 Å². The molecule has 1 amide bonds. The van der Waals surface area contributed by atoms with Crippen LogP contribution < -0.4 is 5.32 Å². The number of nitrogens with one attached hydrogen (secondary N) is 1. The summed E-state index contributed by atoms with van der Waals surface area (Å²) in [5.41, 5.74) is -5.72. The lowest BCUT2D eigenvalue weighted by Gasteiger charge is -2.24. The summed E-state index contributed by atoms with van der Waals surface area (Å²) >= 11 is -0.282. The first-order chi connectivity index (χ1) is 9.57. The van der Waals surface area contributed by atoms with Crippen LogP contribution in [0.4, 0.5) is 13.2 Å². The van der Waals surface area contributed by atoms with E-state index < -0.39 is 22.9 Å². The highest BCUT2D eigenvalue weighted by Crippen LogP contribution is 2.36. The highest BCUT2D eigenvalue weighted by atomic mass is 32.2. The molecule has 0 fully saturated rings. The monoisotopic (exact) mass is 321 g/mol. The molecule has 1 aromatic carbocycles. The van der Waals surface area contributed by atoms with E-state index >= 15 is 0 Å². The van der Waals surface area contributed by atoms with Crippen molar-refractivity contribution < 1.29 is 27.9 Å². The van der Waals surface area contributed by atoms with Crippen LogP contribution in [0.2, 0.25) is 0 Å². The van der Waals surface area contributed by atoms with Gasteiger partial charge in [-0.3, -0.25) is 4.79 Å². The number of rotatable bonds is 5. The fraction of sp³-hybridized carbons (Fsp3) is 0.385. The molecule has 4 nitrogen and oxygen atoms in total. The van der Waals surface area contributed by atoms with Crippen molar-refractivity contribution in [3.05, 3.63) is 29.8 Å². The third-order valence-corrected chi connectivity index (χ3v) is 3.66. The van der Waals surface area contributed by atoms with Crippen molar-refractivity contribution in [1.29, 1.82) is 0 Å². The highest BCUT2D eigenvalue weighted by Gasteiger charge is 2.33. The molecule has 1 aromatic rings. The number of aliphatic carboxylic acids is 1. The zero-order valence-electron chi connectivity index (χ0n) is 11.3. The van der Waals surface area contributed by atoms with Crippen LogP contribution in [0.1, 0.15) is 30.6 Å². The van der Waals surface area contributed by atoms with Gasteiger partial charge in [0.15, 0.2) is 0 Å². The summed E-state index contributed by atoms with van der Waals surface area (Å²) in [7, 11) is 0. The molecule has 0 aromatic heterocycles. The van der Waals surface area contributed by atoms with Crippen molar-refractivity contribution in [3.63, 3.8) is 0 Å². The standard InChI is InChI=1S/C13H14F3NO3S/c1-3-12(2,11(19)20)17-10(18)8-4-6-9(7-5-8)21-13(14,15)16/h4-7H,3H2,1-2H3,(H,17,18)(H,19,20). The lowest BCUT2D eigenvalue weighted by molar-refractivity contribution is -0.143. The van der Waals surface area contributed by atoms with Gasteiger partial charge in [-0.1, -0.05) is 6.92 Å². The number of carbonyl (C=O) groups is 2. The molecule has 116 valence electrons. The quantitative estimate of drug-likeness (QED) is 0.817. The predicted octanol–water partition coefficient (Wildman–Crippen LogP) is 3.28. The first-order valence-electron chi connectivity index (χ1n) is 5.99. The molecular weight excluding hydrogens is 307 g/mol. The van der Waals surface area contributed by atoms with E-state index in [2.05, 4.69) is 5.32 Å². The Balaban J connectivity index is 2.83. The van der Waals surface area contributed by atoms with E-state index in [4.69, 9.17) is 5.11 Å². The molecule has 0 radical (unpaired) electrons. The number of alkyl halides is 3. The van der Waals surface area contributed by atoms with Gasteiger partial charge in [0.05, 0.1) is 0 Å². The van der Waals surface area contributed by atoms with E-state index in [0.717, 1.165) is 12.1 Å². The Morgan fingerprint density at radius 2 is 1.76 bits per heavy atom. The number of carboxylic acid groups (broad SMARTS) is 1. The fourth-order valence-electron chi connectivity index (χ4n) is 1.42. The summed E-state index contributed by atoms with van der Waals surface area (Å²) in [5, 5.41) is 11.4. The van der Waals surface area contributed by atoms with Crippen LogP contribution >= 0.6 is 11.8 Å². The van der Waals surface area contributed by atoms with E-state index in [1.54, 1.807) is 6.92 Å². The highest BCUT2D eigenvalue weighted by molar-refractivity contribution is 8.00. The largest absolute Gasteiger partial charge is 0.480 e. The van der Waals surface area contributed by atoms with Gasteiger partial charge in [0, 0.05) is 10.5 Å². The minimum atomic E-state index is -4.39. The van der Waals surface area contributed by atoms with Gasteiger partial charge in [-0.05, 0) is 49.4 Å². The van der Waals surface area contributed by atoms with Crippen LogP contribution in [-0.2, 0) is 4.79 Å². The summed E-state index contributed by atoms with van der Waals surface area (Å²) in [6.45, 7) is 2.97. The summed E-state index contributed by atoms with van der Waals surface area (Å²) in [4.78, 5) is 23.0. The minimum Gasteiger partial charge on any atom is -0.480 e. The number of hydrogen-bond donors (Lipinski definition) is 2. The molecule has 0 aliphatic rings. The normalized spacial score (nSPS) is 14.3. The SMILES string of the molecule is CCC(C)(NC(=O)c1ccc(SC(F)(F)F)cc1)C(=O)O.